The molecular weight excluding hydrogens is 385 g/mol. The van der Waals surface area contributed by atoms with Crippen LogP contribution in [-0.4, -0.2) is 0 Å². The number of aromatic nitrogens is 1. The Kier molecular flexibility index (Phi) is 4.01. The summed E-state index contributed by atoms with van der Waals surface area (Å²) in [5.74, 6) is -0.226. The Morgan fingerprint density at radius 1 is 0.839 bits per heavy atom. The van der Waals surface area contributed by atoms with Crippen LogP contribution in [-0.2, 0) is 19.9 Å². The number of fused-ring (bicyclic) bond motifs is 4. The van der Waals surface area contributed by atoms with E-state index in [1.807, 2.05) is 43.6 Å². The maximum absolute atomic E-state index is 15.3. The van der Waals surface area contributed by atoms with E-state index in [2.05, 4.69) is 35.8 Å². The highest BCUT2D eigenvalue weighted by molar-refractivity contribution is 6.13. The normalized spacial score (nSPS) is 13.3. The highest BCUT2D eigenvalue weighted by Gasteiger charge is 2.25. The minimum absolute atomic E-state index is 0.226. The second-order valence-electron chi connectivity index (χ2n) is 8.53. The highest BCUT2D eigenvalue weighted by Crippen LogP contribution is 2.43. The van der Waals surface area contributed by atoms with Crippen molar-refractivity contribution in [3.63, 3.8) is 0 Å². The van der Waals surface area contributed by atoms with Crippen molar-refractivity contribution in [1.29, 1.82) is 0 Å². The molecule has 3 heteroatoms. The van der Waals surface area contributed by atoms with Crippen LogP contribution in [0.5, 0.6) is 0 Å². The van der Waals surface area contributed by atoms with Gasteiger partial charge in [-0.25, -0.2) is 8.96 Å². The third-order valence-electron chi connectivity index (χ3n) is 6.69. The SMILES string of the molecule is Cc1ccc2c(oc3c(-c4cccc5c4CCC5)c(F)ccc32)c1-c1cccc[n+]1C. The van der Waals surface area contributed by atoms with Crippen LogP contribution >= 0.6 is 0 Å². The van der Waals surface area contributed by atoms with E-state index in [9.17, 15) is 0 Å². The van der Waals surface area contributed by atoms with Crippen LogP contribution in [0.2, 0.25) is 0 Å². The summed E-state index contributed by atoms with van der Waals surface area (Å²) in [6, 6.07) is 20.1. The summed E-state index contributed by atoms with van der Waals surface area (Å²) in [5.41, 5.74) is 8.88. The Balaban J connectivity index is 1.72. The molecule has 2 nitrogen and oxygen atoms in total. The molecule has 2 aromatic heterocycles. The minimum Gasteiger partial charge on any atom is -0.454 e. The summed E-state index contributed by atoms with van der Waals surface area (Å²) >= 11 is 0. The van der Waals surface area contributed by atoms with Gasteiger partial charge < -0.3 is 4.42 Å². The summed E-state index contributed by atoms with van der Waals surface area (Å²) in [6.45, 7) is 2.10. The molecule has 0 fully saturated rings. The van der Waals surface area contributed by atoms with E-state index in [-0.39, 0.29) is 5.82 Å². The van der Waals surface area contributed by atoms with Gasteiger partial charge in [0.15, 0.2) is 6.20 Å². The first kappa shape index (κ1) is 18.3. The molecule has 2 heterocycles. The fourth-order valence-electron chi connectivity index (χ4n) is 5.18. The molecule has 31 heavy (non-hydrogen) atoms. The summed E-state index contributed by atoms with van der Waals surface area (Å²) in [4.78, 5) is 0. The van der Waals surface area contributed by atoms with E-state index in [0.29, 0.717) is 11.1 Å². The predicted molar refractivity (Wildman–Crippen MR) is 122 cm³/mol. The van der Waals surface area contributed by atoms with Crippen LogP contribution in [0, 0.1) is 12.7 Å². The summed E-state index contributed by atoms with van der Waals surface area (Å²) in [5, 5.41) is 1.98. The standard InChI is InChI=1S/C28H23FNO/c1-17-12-13-21-22-14-15-23(29)26(20-10-6-8-18-7-5-9-19(18)20)28(22)31-27(21)25(17)24-11-3-4-16-30(24)2/h3-4,6,8,10-16H,5,7,9H2,1-2H3/q+1. The van der Waals surface area contributed by atoms with Gasteiger partial charge in [0.1, 0.15) is 24.0 Å². The molecule has 0 bridgehead atoms. The molecule has 5 aromatic rings. The van der Waals surface area contributed by atoms with Crippen LogP contribution in [0.15, 0.2) is 71.3 Å². The monoisotopic (exact) mass is 408 g/mol. The lowest BCUT2D eigenvalue weighted by molar-refractivity contribution is -0.660. The fraction of sp³-hybridized carbons (Fsp3) is 0.179. The van der Waals surface area contributed by atoms with Gasteiger partial charge in [-0.15, -0.1) is 0 Å². The number of halogens is 1. The Bertz CT molecular complexity index is 1490. The number of nitrogens with zero attached hydrogens (tertiary/aromatic N) is 1. The van der Waals surface area contributed by atoms with E-state index in [1.54, 1.807) is 6.07 Å². The van der Waals surface area contributed by atoms with Crippen molar-refractivity contribution in [2.24, 2.45) is 7.05 Å². The molecule has 3 aromatic carbocycles. The van der Waals surface area contributed by atoms with Crippen molar-refractivity contribution < 1.29 is 13.4 Å². The summed E-state index contributed by atoms with van der Waals surface area (Å²) in [6.07, 6.45) is 5.22. The first-order valence-electron chi connectivity index (χ1n) is 10.8. The summed E-state index contributed by atoms with van der Waals surface area (Å²) < 4.78 is 23.9. The zero-order chi connectivity index (χ0) is 21.1. The zero-order valence-corrected chi connectivity index (χ0v) is 17.7. The molecule has 0 atom stereocenters. The Morgan fingerprint density at radius 3 is 2.48 bits per heavy atom. The molecule has 1 aliphatic carbocycles. The number of pyridine rings is 1. The Hall–Kier alpha value is -3.46. The number of hydrogen-bond donors (Lipinski definition) is 0. The Morgan fingerprint density at radius 2 is 1.65 bits per heavy atom. The zero-order valence-electron chi connectivity index (χ0n) is 17.7. The molecule has 152 valence electrons. The lowest BCUT2D eigenvalue weighted by atomic mass is 9.94. The molecule has 0 aliphatic heterocycles. The molecule has 1 aliphatic rings. The molecule has 0 saturated carbocycles. The third kappa shape index (κ3) is 2.66. The average molecular weight is 408 g/mol. The maximum Gasteiger partial charge on any atom is 0.216 e. The van der Waals surface area contributed by atoms with Gasteiger partial charge >= 0.3 is 0 Å². The van der Waals surface area contributed by atoms with Gasteiger partial charge in [0.2, 0.25) is 5.69 Å². The maximum atomic E-state index is 15.3. The second-order valence-corrected chi connectivity index (χ2v) is 8.53. The van der Waals surface area contributed by atoms with E-state index in [1.165, 1.54) is 11.1 Å². The van der Waals surface area contributed by atoms with E-state index < -0.39 is 0 Å². The van der Waals surface area contributed by atoms with Crippen LogP contribution < -0.4 is 4.57 Å². The Labute approximate surface area is 180 Å². The third-order valence-corrected chi connectivity index (χ3v) is 6.69. The predicted octanol–water partition coefficient (Wildman–Crippen LogP) is 6.68. The highest BCUT2D eigenvalue weighted by atomic mass is 19.1. The molecule has 0 amide bonds. The lowest BCUT2D eigenvalue weighted by Crippen LogP contribution is -2.30. The minimum atomic E-state index is -0.226. The molecule has 0 radical (unpaired) electrons. The van der Waals surface area contributed by atoms with E-state index >= 15 is 4.39 Å². The van der Waals surface area contributed by atoms with Crippen LogP contribution in [0.4, 0.5) is 4.39 Å². The molecule has 0 N–H and O–H groups in total. The van der Waals surface area contributed by atoms with Crippen molar-refractivity contribution in [2.75, 3.05) is 0 Å². The van der Waals surface area contributed by atoms with E-state index in [0.717, 1.165) is 58.0 Å². The molecule has 0 saturated heterocycles. The average Bonchev–Trinajstić information content (AvgIpc) is 3.39. The molecule has 0 unspecified atom stereocenters. The van der Waals surface area contributed by atoms with Gasteiger partial charge in [0, 0.05) is 22.9 Å². The number of hydrogen-bond acceptors (Lipinski definition) is 1. The van der Waals surface area contributed by atoms with Crippen LogP contribution in [0.3, 0.4) is 0 Å². The topological polar surface area (TPSA) is 17.0 Å². The van der Waals surface area contributed by atoms with Gasteiger partial charge in [-0.1, -0.05) is 30.3 Å². The molecule has 0 spiro atoms. The lowest BCUT2D eigenvalue weighted by Gasteiger charge is -2.10. The molecule has 6 rings (SSSR count). The first-order chi connectivity index (χ1) is 15.1. The number of furan rings is 1. The molecular formula is C28H23FNO+. The van der Waals surface area contributed by atoms with Gasteiger partial charge in [-0.3, -0.25) is 0 Å². The van der Waals surface area contributed by atoms with Crippen molar-refractivity contribution in [2.45, 2.75) is 26.2 Å². The smallest absolute Gasteiger partial charge is 0.216 e. The van der Waals surface area contributed by atoms with Gasteiger partial charge in [0.25, 0.3) is 0 Å². The fourth-order valence-corrected chi connectivity index (χ4v) is 5.18. The van der Waals surface area contributed by atoms with Crippen LogP contribution in [0.1, 0.15) is 23.1 Å². The van der Waals surface area contributed by atoms with Crippen molar-refractivity contribution >= 4 is 21.9 Å². The number of benzene rings is 3. The van der Waals surface area contributed by atoms with Crippen molar-refractivity contribution in [3.8, 4) is 22.4 Å². The largest absolute Gasteiger partial charge is 0.454 e. The quantitative estimate of drug-likeness (QED) is 0.298. The second kappa shape index (κ2) is 6.78. The summed E-state index contributed by atoms with van der Waals surface area (Å²) in [7, 11) is 2.04. The van der Waals surface area contributed by atoms with Crippen molar-refractivity contribution in [3.05, 3.63) is 89.4 Å². The van der Waals surface area contributed by atoms with Gasteiger partial charge in [-0.2, -0.15) is 0 Å². The van der Waals surface area contributed by atoms with Gasteiger partial charge in [0.05, 0.1) is 11.1 Å². The number of aryl methyl sites for hydroxylation is 3. The number of rotatable bonds is 2. The van der Waals surface area contributed by atoms with E-state index in [4.69, 9.17) is 4.42 Å². The van der Waals surface area contributed by atoms with Crippen LogP contribution in [0.25, 0.3) is 44.3 Å². The van der Waals surface area contributed by atoms with Gasteiger partial charge in [-0.05, 0) is 66.6 Å². The van der Waals surface area contributed by atoms with Crippen molar-refractivity contribution in [1.82, 2.24) is 0 Å². The first-order valence-corrected chi connectivity index (χ1v) is 10.8.